The van der Waals surface area contributed by atoms with E-state index in [4.69, 9.17) is 0 Å². The number of fused-ring (bicyclic) bond motifs is 1. The van der Waals surface area contributed by atoms with Crippen LogP contribution in [0.1, 0.15) is 5.56 Å². The Labute approximate surface area is 125 Å². The number of hydrogen-bond donors (Lipinski definition) is 1. The lowest BCUT2D eigenvalue weighted by Gasteiger charge is -2.17. The predicted molar refractivity (Wildman–Crippen MR) is 89.6 cm³/mol. The molecule has 0 saturated heterocycles. The molecule has 3 rings (SSSR count). The number of anilines is 1. The van der Waals surface area contributed by atoms with Gasteiger partial charge in [-0.3, -0.25) is 0 Å². The van der Waals surface area contributed by atoms with Crippen LogP contribution in [0.2, 0.25) is 0 Å². The summed E-state index contributed by atoms with van der Waals surface area (Å²) in [4.78, 5) is 2.12. The van der Waals surface area contributed by atoms with Gasteiger partial charge in [0, 0.05) is 19.8 Å². The molecule has 2 nitrogen and oxygen atoms in total. The number of nitrogens with zero attached hydrogens (tertiary/aromatic N) is 1. The van der Waals surface area contributed by atoms with Gasteiger partial charge in [0.1, 0.15) is 0 Å². The predicted octanol–water partition coefficient (Wildman–Crippen LogP) is 4.07. The lowest BCUT2D eigenvalue weighted by molar-refractivity contribution is 0.282. The molecule has 0 amide bonds. The van der Waals surface area contributed by atoms with Crippen LogP contribution < -0.4 is 4.90 Å². The largest absolute Gasteiger partial charge is 0.392 e. The Kier molecular flexibility index (Phi) is 3.63. The van der Waals surface area contributed by atoms with Gasteiger partial charge in [-0.25, -0.2) is 0 Å². The van der Waals surface area contributed by atoms with Crippen molar-refractivity contribution in [3.63, 3.8) is 0 Å². The van der Waals surface area contributed by atoms with Crippen LogP contribution in [-0.2, 0) is 6.61 Å². The molecule has 0 fully saturated rings. The maximum Gasteiger partial charge on any atom is 0.0682 e. The van der Waals surface area contributed by atoms with Crippen LogP contribution in [0.15, 0.2) is 60.7 Å². The van der Waals surface area contributed by atoms with Gasteiger partial charge in [-0.15, -0.1) is 0 Å². The van der Waals surface area contributed by atoms with Gasteiger partial charge in [0.15, 0.2) is 0 Å². The highest BCUT2D eigenvalue weighted by atomic mass is 16.3. The number of aliphatic hydroxyl groups excluding tert-OH is 1. The van der Waals surface area contributed by atoms with Crippen LogP contribution >= 0.6 is 0 Å². The normalized spacial score (nSPS) is 10.8. The molecule has 0 saturated carbocycles. The highest BCUT2D eigenvalue weighted by Gasteiger charge is 2.08. The standard InChI is InChI=1S/C19H19NO/c1-20(2)17-11-16-7-3-4-9-18(16)19(12-17)15-8-5-6-14(10-15)13-21/h3-12,21H,13H2,1-2H3. The zero-order valence-corrected chi connectivity index (χ0v) is 12.4. The molecule has 0 bridgehead atoms. The molecule has 0 aliphatic heterocycles. The summed E-state index contributed by atoms with van der Waals surface area (Å²) in [6.45, 7) is 0.0686. The highest BCUT2D eigenvalue weighted by Crippen LogP contribution is 2.33. The quantitative estimate of drug-likeness (QED) is 0.780. The Hall–Kier alpha value is -2.32. The van der Waals surface area contributed by atoms with E-state index in [1.165, 1.54) is 22.0 Å². The van der Waals surface area contributed by atoms with Crippen LogP contribution in [-0.4, -0.2) is 19.2 Å². The summed E-state index contributed by atoms with van der Waals surface area (Å²) in [5.74, 6) is 0. The molecule has 21 heavy (non-hydrogen) atoms. The van der Waals surface area contributed by atoms with E-state index in [0.29, 0.717) is 0 Å². The molecule has 2 heteroatoms. The average Bonchev–Trinajstić information content (AvgIpc) is 2.53. The molecule has 0 aliphatic rings. The minimum absolute atomic E-state index is 0.0686. The van der Waals surface area contributed by atoms with Gasteiger partial charge < -0.3 is 10.0 Å². The SMILES string of the molecule is CN(C)c1cc(-c2cccc(CO)c2)c2ccccc2c1. The van der Waals surface area contributed by atoms with Crippen molar-refractivity contribution in [3.8, 4) is 11.1 Å². The number of aliphatic hydroxyl groups is 1. The Morgan fingerprint density at radius 3 is 2.48 bits per heavy atom. The number of hydrogen-bond acceptors (Lipinski definition) is 2. The Bertz CT molecular complexity index is 777. The van der Waals surface area contributed by atoms with Crippen molar-refractivity contribution in [2.75, 3.05) is 19.0 Å². The minimum Gasteiger partial charge on any atom is -0.392 e. The topological polar surface area (TPSA) is 23.5 Å². The van der Waals surface area contributed by atoms with Crippen molar-refractivity contribution in [2.45, 2.75) is 6.61 Å². The first-order valence-electron chi connectivity index (χ1n) is 7.09. The molecule has 0 radical (unpaired) electrons. The van der Waals surface area contributed by atoms with E-state index in [9.17, 15) is 5.11 Å². The first-order valence-corrected chi connectivity index (χ1v) is 7.09. The van der Waals surface area contributed by atoms with Crippen molar-refractivity contribution < 1.29 is 5.11 Å². The third-order valence-electron chi connectivity index (χ3n) is 3.78. The fourth-order valence-electron chi connectivity index (χ4n) is 2.63. The van der Waals surface area contributed by atoms with Crippen molar-refractivity contribution in [1.82, 2.24) is 0 Å². The monoisotopic (exact) mass is 277 g/mol. The summed E-state index contributed by atoms with van der Waals surface area (Å²) >= 11 is 0. The van der Waals surface area contributed by atoms with E-state index in [0.717, 1.165) is 11.1 Å². The zero-order valence-electron chi connectivity index (χ0n) is 12.4. The fraction of sp³-hybridized carbons (Fsp3) is 0.158. The molecular formula is C19H19NO. The maximum atomic E-state index is 9.36. The second kappa shape index (κ2) is 5.58. The van der Waals surface area contributed by atoms with E-state index >= 15 is 0 Å². The summed E-state index contributed by atoms with van der Waals surface area (Å²) in [5, 5.41) is 11.8. The number of rotatable bonds is 3. The van der Waals surface area contributed by atoms with Gasteiger partial charge >= 0.3 is 0 Å². The van der Waals surface area contributed by atoms with Gasteiger partial charge in [0.05, 0.1) is 6.61 Å². The van der Waals surface area contributed by atoms with E-state index in [2.05, 4.69) is 67.5 Å². The summed E-state index contributed by atoms with van der Waals surface area (Å²) in [6.07, 6.45) is 0. The van der Waals surface area contributed by atoms with Gasteiger partial charge in [-0.05, 0) is 45.7 Å². The van der Waals surface area contributed by atoms with Crippen molar-refractivity contribution in [3.05, 3.63) is 66.2 Å². The summed E-state index contributed by atoms with van der Waals surface area (Å²) in [6, 6.07) is 20.9. The molecule has 0 atom stereocenters. The van der Waals surface area contributed by atoms with Gasteiger partial charge in [-0.1, -0.05) is 42.5 Å². The lowest BCUT2D eigenvalue weighted by Crippen LogP contribution is -2.08. The van der Waals surface area contributed by atoms with Crippen LogP contribution in [0.5, 0.6) is 0 Å². The first-order chi connectivity index (χ1) is 10.2. The van der Waals surface area contributed by atoms with Gasteiger partial charge in [-0.2, -0.15) is 0 Å². The summed E-state index contributed by atoms with van der Waals surface area (Å²) in [7, 11) is 4.11. The van der Waals surface area contributed by atoms with E-state index in [1.807, 2.05) is 12.1 Å². The third-order valence-corrected chi connectivity index (χ3v) is 3.78. The van der Waals surface area contributed by atoms with Crippen LogP contribution in [0.3, 0.4) is 0 Å². The first kappa shape index (κ1) is 13.7. The molecule has 0 aliphatic carbocycles. The van der Waals surface area contributed by atoms with Gasteiger partial charge in [0.25, 0.3) is 0 Å². The van der Waals surface area contributed by atoms with Crippen LogP contribution in [0.25, 0.3) is 21.9 Å². The zero-order chi connectivity index (χ0) is 14.8. The Balaban J connectivity index is 2.28. The molecule has 3 aromatic rings. The van der Waals surface area contributed by atoms with E-state index < -0.39 is 0 Å². The second-order valence-electron chi connectivity index (χ2n) is 5.47. The van der Waals surface area contributed by atoms with E-state index in [-0.39, 0.29) is 6.61 Å². The molecule has 1 N–H and O–H groups in total. The molecular weight excluding hydrogens is 258 g/mol. The lowest BCUT2D eigenvalue weighted by atomic mass is 9.96. The molecule has 3 aromatic carbocycles. The molecule has 0 unspecified atom stereocenters. The van der Waals surface area contributed by atoms with Crippen LogP contribution in [0.4, 0.5) is 5.69 Å². The van der Waals surface area contributed by atoms with Gasteiger partial charge in [0.2, 0.25) is 0 Å². The Morgan fingerprint density at radius 1 is 0.905 bits per heavy atom. The highest BCUT2D eigenvalue weighted by molar-refractivity contribution is 5.99. The molecule has 0 heterocycles. The minimum atomic E-state index is 0.0686. The smallest absolute Gasteiger partial charge is 0.0682 e. The van der Waals surface area contributed by atoms with Crippen molar-refractivity contribution >= 4 is 16.5 Å². The summed E-state index contributed by atoms with van der Waals surface area (Å²) < 4.78 is 0. The number of benzene rings is 3. The van der Waals surface area contributed by atoms with E-state index in [1.54, 1.807) is 0 Å². The molecule has 0 spiro atoms. The van der Waals surface area contributed by atoms with Crippen LogP contribution in [0, 0.1) is 0 Å². The second-order valence-corrected chi connectivity index (χ2v) is 5.47. The average molecular weight is 277 g/mol. The molecule has 0 aromatic heterocycles. The third kappa shape index (κ3) is 2.63. The van der Waals surface area contributed by atoms with Crippen molar-refractivity contribution in [1.29, 1.82) is 0 Å². The Morgan fingerprint density at radius 2 is 1.71 bits per heavy atom. The maximum absolute atomic E-state index is 9.36. The van der Waals surface area contributed by atoms with Crippen molar-refractivity contribution in [2.24, 2.45) is 0 Å². The summed E-state index contributed by atoms with van der Waals surface area (Å²) in [5.41, 5.74) is 4.46. The fourth-order valence-corrected chi connectivity index (χ4v) is 2.63. The molecule has 106 valence electrons.